The van der Waals surface area contributed by atoms with Gasteiger partial charge in [-0.1, -0.05) is 84.9 Å². The fourth-order valence-electron chi connectivity index (χ4n) is 8.36. The van der Waals surface area contributed by atoms with E-state index in [1.54, 1.807) is 34.5 Å². The number of aliphatic hydroxyl groups excluding tert-OH is 1. The molecule has 5 aromatic rings. The van der Waals surface area contributed by atoms with Crippen LogP contribution < -0.4 is 14.5 Å². The molecule has 8 rings (SSSR count). The number of para-hydroxylation sites is 3. The van der Waals surface area contributed by atoms with Gasteiger partial charge in [-0.05, 0) is 61.7 Å². The quantitative estimate of drug-likeness (QED) is 0.183. The summed E-state index contributed by atoms with van der Waals surface area (Å²) in [6, 6.07) is 31.8. The SMILES string of the molecule is C[C@H]1[C@H](C(C)(C)F)[C@@H](CCn2cc([C@H](O)c3ccccc3)nn2)O[C@]12C(=O)N(Cc1ccc(N3C(=O)COc4ccccc43)cc1)c1ccccc12. The summed E-state index contributed by atoms with van der Waals surface area (Å²) in [7, 11) is 0. The summed E-state index contributed by atoms with van der Waals surface area (Å²) in [6.45, 7) is 5.59. The molecule has 0 unspecified atom stereocenters. The van der Waals surface area contributed by atoms with Crippen LogP contribution >= 0.6 is 0 Å². The van der Waals surface area contributed by atoms with Crippen LogP contribution in [0.3, 0.4) is 0 Å². The third kappa shape index (κ3) is 5.64. The highest BCUT2D eigenvalue weighted by Crippen LogP contribution is 2.58. The van der Waals surface area contributed by atoms with E-state index in [2.05, 4.69) is 10.3 Å². The van der Waals surface area contributed by atoms with E-state index in [-0.39, 0.29) is 25.0 Å². The molecule has 1 aromatic heterocycles. The van der Waals surface area contributed by atoms with Gasteiger partial charge in [-0.2, -0.15) is 0 Å². The van der Waals surface area contributed by atoms with Crippen molar-refractivity contribution in [1.82, 2.24) is 15.0 Å². The molecule has 10 nitrogen and oxygen atoms in total. The molecule has 0 radical (unpaired) electrons. The summed E-state index contributed by atoms with van der Waals surface area (Å²) < 4.78 is 30.3. The minimum atomic E-state index is -1.65. The summed E-state index contributed by atoms with van der Waals surface area (Å²) in [5, 5.41) is 19.3. The number of aliphatic hydroxyl groups is 1. The highest BCUT2D eigenvalue weighted by molar-refractivity contribution is 6.07. The Hall–Kier alpha value is -5.39. The van der Waals surface area contributed by atoms with Crippen LogP contribution in [0.25, 0.3) is 0 Å². The van der Waals surface area contributed by atoms with Crippen LogP contribution in [-0.4, -0.2) is 50.3 Å². The number of hydrogen-bond donors (Lipinski definition) is 1. The number of anilines is 3. The fourth-order valence-corrected chi connectivity index (χ4v) is 8.36. The molecule has 1 saturated heterocycles. The highest BCUT2D eigenvalue weighted by atomic mass is 19.1. The van der Waals surface area contributed by atoms with Crippen LogP contribution in [0.4, 0.5) is 21.5 Å². The fraction of sp³-hybridized carbons (Fsp3) is 0.317. The van der Waals surface area contributed by atoms with E-state index in [1.807, 2.05) is 110 Å². The summed E-state index contributed by atoms with van der Waals surface area (Å²) >= 11 is 0. The van der Waals surface area contributed by atoms with Crippen molar-refractivity contribution in [1.29, 1.82) is 0 Å². The minimum Gasteiger partial charge on any atom is -0.482 e. The number of carbonyl (C=O) groups excluding carboxylic acids is 2. The molecule has 1 N–H and O–H groups in total. The van der Waals surface area contributed by atoms with Gasteiger partial charge in [0.2, 0.25) is 0 Å². The minimum absolute atomic E-state index is 0.0486. The molecule has 4 heterocycles. The third-order valence-electron chi connectivity index (χ3n) is 10.7. The number of aromatic nitrogens is 3. The van der Waals surface area contributed by atoms with Crippen molar-refractivity contribution in [3.05, 3.63) is 132 Å². The summed E-state index contributed by atoms with van der Waals surface area (Å²) in [4.78, 5) is 31.0. The maximum Gasteiger partial charge on any atom is 0.269 e. The number of nitrogens with zero attached hydrogens (tertiary/aromatic N) is 5. The molecule has 52 heavy (non-hydrogen) atoms. The van der Waals surface area contributed by atoms with Crippen LogP contribution in [0.2, 0.25) is 0 Å². The molecule has 1 fully saturated rings. The lowest BCUT2D eigenvalue weighted by Gasteiger charge is -2.32. The van der Waals surface area contributed by atoms with E-state index in [0.717, 1.165) is 16.8 Å². The number of aryl methyl sites for hydroxylation is 1. The molecule has 5 atom stereocenters. The van der Waals surface area contributed by atoms with Crippen molar-refractivity contribution in [3.63, 3.8) is 0 Å². The molecule has 2 amide bonds. The monoisotopic (exact) mass is 701 g/mol. The second kappa shape index (κ2) is 13.0. The predicted octanol–water partition coefficient (Wildman–Crippen LogP) is 6.65. The van der Waals surface area contributed by atoms with Crippen molar-refractivity contribution >= 4 is 28.9 Å². The Morgan fingerprint density at radius 1 is 0.942 bits per heavy atom. The average molecular weight is 702 g/mol. The Balaban J connectivity index is 1.04. The zero-order valence-electron chi connectivity index (χ0n) is 29.2. The first kappa shape index (κ1) is 33.7. The van der Waals surface area contributed by atoms with Gasteiger partial charge in [0.05, 0.1) is 30.2 Å². The number of halogens is 1. The van der Waals surface area contributed by atoms with Crippen LogP contribution in [0.5, 0.6) is 5.75 Å². The van der Waals surface area contributed by atoms with E-state index in [1.165, 1.54) is 0 Å². The number of benzene rings is 4. The first-order valence-electron chi connectivity index (χ1n) is 17.6. The van der Waals surface area contributed by atoms with Crippen molar-refractivity contribution < 1.29 is 28.6 Å². The van der Waals surface area contributed by atoms with E-state index in [4.69, 9.17) is 9.47 Å². The van der Waals surface area contributed by atoms with Gasteiger partial charge in [-0.3, -0.25) is 19.2 Å². The Morgan fingerprint density at radius 2 is 1.63 bits per heavy atom. The molecule has 1 spiro atoms. The molecule has 3 aliphatic rings. The number of fused-ring (bicyclic) bond motifs is 3. The molecule has 11 heteroatoms. The molecule has 0 saturated carbocycles. The zero-order valence-corrected chi connectivity index (χ0v) is 29.2. The van der Waals surface area contributed by atoms with Crippen LogP contribution in [0.15, 0.2) is 109 Å². The Labute approximate surface area is 301 Å². The highest BCUT2D eigenvalue weighted by Gasteiger charge is 2.66. The van der Waals surface area contributed by atoms with Crippen LogP contribution in [0, 0.1) is 11.8 Å². The second-order valence-corrected chi connectivity index (χ2v) is 14.3. The van der Waals surface area contributed by atoms with Gasteiger partial charge in [-0.25, -0.2) is 4.39 Å². The van der Waals surface area contributed by atoms with Gasteiger partial charge in [0, 0.05) is 29.6 Å². The van der Waals surface area contributed by atoms with Crippen molar-refractivity contribution in [2.24, 2.45) is 11.8 Å². The topological polar surface area (TPSA) is 110 Å². The summed E-state index contributed by atoms with van der Waals surface area (Å²) in [5.41, 5.74) is 1.79. The van der Waals surface area contributed by atoms with Crippen molar-refractivity contribution in [3.8, 4) is 5.75 Å². The van der Waals surface area contributed by atoms with E-state index < -0.39 is 35.3 Å². The Bertz CT molecular complexity index is 2120. The number of amides is 2. The predicted molar refractivity (Wildman–Crippen MR) is 193 cm³/mol. The van der Waals surface area contributed by atoms with Crippen molar-refractivity contribution in [2.45, 2.75) is 63.8 Å². The number of rotatable bonds is 9. The molecule has 266 valence electrons. The summed E-state index contributed by atoms with van der Waals surface area (Å²) in [5.74, 6) is -0.846. The third-order valence-corrected chi connectivity index (χ3v) is 10.7. The van der Waals surface area contributed by atoms with Crippen LogP contribution in [-0.2, 0) is 33.0 Å². The Kier molecular flexibility index (Phi) is 8.42. The summed E-state index contributed by atoms with van der Waals surface area (Å²) in [6.07, 6.45) is 0.547. The lowest BCUT2D eigenvalue weighted by atomic mass is 9.71. The van der Waals surface area contributed by atoms with E-state index in [9.17, 15) is 14.7 Å². The van der Waals surface area contributed by atoms with Gasteiger partial charge in [0.15, 0.2) is 12.2 Å². The first-order valence-corrected chi connectivity index (χ1v) is 17.6. The first-order chi connectivity index (χ1) is 25.1. The number of alkyl halides is 1. The standard InChI is InChI=1S/C41H40FN5O5/c1-26-37(40(2,3)42)35(21-22-45-24-31(43-44-45)38(49)28-11-5-4-6-12-28)52-41(26)30-13-7-8-14-32(30)46(39(41)50)23-27-17-19-29(20-18-27)47-33-15-9-10-16-34(33)51-25-36(47)48/h4-20,24,26,35,37-38,49H,21-23,25H2,1-3H3/t26-,35+,37-,38+,41+/m0/s1. The smallest absolute Gasteiger partial charge is 0.269 e. The van der Waals surface area contributed by atoms with E-state index in [0.29, 0.717) is 41.3 Å². The number of carbonyl (C=O) groups is 2. The molecule has 3 aliphatic heterocycles. The largest absolute Gasteiger partial charge is 0.482 e. The van der Waals surface area contributed by atoms with Gasteiger partial charge >= 0.3 is 0 Å². The second-order valence-electron chi connectivity index (χ2n) is 14.3. The lowest BCUT2D eigenvalue weighted by Crippen LogP contribution is -2.45. The number of hydrogen-bond acceptors (Lipinski definition) is 7. The zero-order chi connectivity index (χ0) is 36.2. The molecule has 4 aromatic carbocycles. The average Bonchev–Trinajstić information content (AvgIpc) is 3.81. The maximum absolute atomic E-state index is 16.2. The molecular weight excluding hydrogens is 661 g/mol. The normalized spacial score (nSPS) is 23.1. The van der Waals surface area contributed by atoms with E-state index >= 15 is 4.39 Å². The molecular formula is C41H40FN5O5. The molecule has 0 bridgehead atoms. The van der Waals surface area contributed by atoms with Gasteiger partial charge in [-0.15, -0.1) is 5.10 Å². The van der Waals surface area contributed by atoms with Crippen molar-refractivity contribution in [2.75, 3.05) is 16.4 Å². The van der Waals surface area contributed by atoms with Gasteiger partial charge in [0.1, 0.15) is 23.2 Å². The molecule has 0 aliphatic carbocycles. The Morgan fingerprint density at radius 3 is 2.38 bits per heavy atom. The lowest BCUT2D eigenvalue weighted by molar-refractivity contribution is -0.146. The van der Waals surface area contributed by atoms with Crippen LogP contribution in [0.1, 0.15) is 55.7 Å². The van der Waals surface area contributed by atoms with Gasteiger partial charge in [0.25, 0.3) is 11.8 Å². The number of ether oxygens (including phenoxy) is 2. The van der Waals surface area contributed by atoms with Gasteiger partial charge < -0.3 is 19.5 Å². The maximum atomic E-state index is 16.2.